The lowest BCUT2D eigenvalue weighted by Gasteiger charge is -2.11. The van der Waals surface area contributed by atoms with Gasteiger partial charge in [-0.25, -0.2) is 8.42 Å². The molecule has 2 N–H and O–H groups in total. The van der Waals surface area contributed by atoms with Gasteiger partial charge in [-0.2, -0.15) is 0 Å². The standard InChI is InChI=1S/C18H15N3O5S/c1-12(22)19-13-8-10-14(11-9-13)27(25,26)20-17-6-2-5-16-15(17)4-3-7-18(16)21(23)24/h2-11,20H,1H3,(H,19,22). The molecule has 0 bridgehead atoms. The van der Waals surface area contributed by atoms with Gasteiger partial charge in [-0.3, -0.25) is 19.6 Å². The number of carbonyl (C=O) groups is 1. The lowest BCUT2D eigenvalue weighted by atomic mass is 10.1. The zero-order valence-corrected chi connectivity index (χ0v) is 15.0. The van der Waals surface area contributed by atoms with Crippen LogP contribution in [0.4, 0.5) is 17.1 Å². The molecule has 138 valence electrons. The largest absolute Gasteiger partial charge is 0.326 e. The van der Waals surface area contributed by atoms with E-state index in [0.29, 0.717) is 16.5 Å². The van der Waals surface area contributed by atoms with Gasteiger partial charge >= 0.3 is 0 Å². The number of nitrogens with one attached hydrogen (secondary N) is 2. The molecule has 0 aliphatic heterocycles. The zero-order chi connectivity index (χ0) is 19.6. The maximum atomic E-state index is 12.7. The molecule has 8 nitrogen and oxygen atoms in total. The Morgan fingerprint density at radius 3 is 2.22 bits per heavy atom. The van der Waals surface area contributed by atoms with E-state index in [1.807, 2.05) is 0 Å². The molecular weight excluding hydrogens is 370 g/mol. The van der Waals surface area contributed by atoms with Crippen molar-refractivity contribution in [3.05, 3.63) is 70.8 Å². The van der Waals surface area contributed by atoms with E-state index in [4.69, 9.17) is 0 Å². The average Bonchev–Trinajstić information content (AvgIpc) is 2.61. The Hall–Kier alpha value is -3.46. The van der Waals surface area contributed by atoms with E-state index in [2.05, 4.69) is 10.0 Å². The summed E-state index contributed by atoms with van der Waals surface area (Å²) in [4.78, 5) is 21.7. The molecule has 0 heterocycles. The van der Waals surface area contributed by atoms with Crippen LogP contribution >= 0.6 is 0 Å². The van der Waals surface area contributed by atoms with Crippen LogP contribution < -0.4 is 10.0 Å². The number of rotatable bonds is 5. The molecule has 0 spiro atoms. The molecule has 0 aliphatic rings. The number of nitro groups is 1. The van der Waals surface area contributed by atoms with Crippen LogP contribution in [0.1, 0.15) is 6.92 Å². The Morgan fingerprint density at radius 2 is 1.59 bits per heavy atom. The van der Waals surface area contributed by atoms with Gasteiger partial charge in [0.05, 0.1) is 20.9 Å². The Bertz CT molecular complexity index is 1140. The van der Waals surface area contributed by atoms with Gasteiger partial charge in [0.1, 0.15) is 0 Å². The summed E-state index contributed by atoms with van der Waals surface area (Å²) in [6.07, 6.45) is 0. The lowest BCUT2D eigenvalue weighted by molar-refractivity contribution is -0.383. The third kappa shape index (κ3) is 3.87. The highest BCUT2D eigenvalue weighted by Gasteiger charge is 2.18. The van der Waals surface area contributed by atoms with Crippen molar-refractivity contribution in [1.82, 2.24) is 0 Å². The molecular formula is C18H15N3O5S. The van der Waals surface area contributed by atoms with E-state index in [9.17, 15) is 23.3 Å². The number of sulfonamides is 1. The van der Waals surface area contributed by atoms with Crippen LogP contribution in [0.3, 0.4) is 0 Å². The lowest BCUT2D eigenvalue weighted by Crippen LogP contribution is -2.13. The van der Waals surface area contributed by atoms with Crippen molar-refractivity contribution in [2.24, 2.45) is 0 Å². The number of carbonyl (C=O) groups excluding carboxylic acids is 1. The summed E-state index contributed by atoms with van der Waals surface area (Å²) < 4.78 is 27.8. The van der Waals surface area contributed by atoms with Gasteiger partial charge in [-0.1, -0.05) is 18.2 Å². The Kier molecular flexibility index (Phi) is 4.78. The smallest absolute Gasteiger partial charge is 0.277 e. The first-order valence-corrected chi connectivity index (χ1v) is 9.33. The summed E-state index contributed by atoms with van der Waals surface area (Å²) in [6.45, 7) is 1.35. The Balaban J connectivity index is 1.98. The summed E-state index contributed by atoms with van der Waals surface area (Å²) in [5.74, 6) is -0.263. The van der Waals surface area contributed by atoms with E-state index in [1.54, 1.807) is 18.2 Å². The van der Waals surface area contributed by atoms with Crippen LogP contribution in [0.2, 0.25) is 0 Å². The molecule has 0 saturated carbocycles. The minimum absolute atomic E-state index is 0.000893. The number of nitro benzene ring substituents is 1. The molecule has 0 radical (unpaired) electrons. The van der Waals surface area contributed by atoms with Crippen molar-refractivity contribution >= 4 is 43.8 Å². The van der Waals surface area contributed by atoms with Gasteiger partial charge in [-0.05, 0) is 36.4 Å². The minimum Gasteiger partial charge on any atom is -0.326 e. The summed E-state index contributed by atoms with van der Waals surface area (Å²) in [7, 11) is -3.92. The average molecular weight is 385 g/mol. The first-order chi connectivity index (χ1) is 12.8. The van der Waals surface area contributed by atoms with Gasteiger partial charge in [-0.15, -0.1) is 0 Å². The number of nitrogens with zero attached hydrogens (tertiary/aromatic N) is 1. The predicted octanol–water partition coefficient (Wildman–Crippen LogP) is 3.51. The topological polar surface area (TPSA) is 118 Å². The second-order valence-corrected chi connectivity index (χ2v) is 7.43. The van der Waals surface area contributed by atoms with E-state index in [1.165, 1.54) is 49.4 Å². The van der Waals surface area contributed by atoms with Crippen LogP contribution in [0, 0.1) is 10.1 Å². The molecule has 0 aromatic heterocycles. The molecule has 0 saturated heterocycles. The van der Waals surface area contributed by atoms with Crippen molar-refractivity contribution in [2.45, 2.75) is 11.8 Å². The first-order valence-electron chi connectivity index (χ1n) is 7.84. The molecule has 3 rings (SSSR count). The number of hydrogen-bond donors (Lipinski definition) is 2. The summed E-state index contributed by atoms with van der Waals surface area (Å²) in [5, 5.41) is 14.5. The maximum Gasteiger partial charge on any atom is 0.277 e. The van der Waals surface area contributed by atoms with Gasteiger partial charge < -0.3 is 5.32 Å². The molecule has 1 amide bonds. The molecule has 0 unspecified atom stereocenters. The van der Waals surface area contributed by atoms with Crippen molar-refractivity contribution < 1.29 is 18.1 Å². The molecule has 0 aliphatic carbocycles. The van der Waals surface area contributed by atoms with E-state index >= 15 is 0 Å². The summed E-state index contributed by atoms with van der Waals surface area (Å²) in [5.41, 5.74) is 0.609. The fourth-order valence-electron chi connectivity index (χ4n) is 2.67. The SMILES string of the molecule is CC(=O)Nc1ccc(S(=O)(=O)Nc2cccc3c([N+](=O)[O-])cccc23)cc1. The van der Waals surface area contributed by atoms with Crippen LogP contribution in [0.5, 0.6) is 0 Å². The third-order valence-electron chi connectivity index (χ3n) is 3.83. The fourth-order valence-corrected chi connectivity index (χ4v) is 3.75. The molecule has 0 atom stereocenters. The van der Waals surface area contributed by atoms with Crippen LogP contribution in [-0.2, 0) is 14.8 Å². The highest BCUT2D eigenvalue weighted by molar-refractivity contribution is 7.92. The van der Waals surface area contributed by atoms with Crippen molar-refractivity contribution in [1.29, 1.82) is 0 Å². The molecule has 3 aromatic rings. The summed E-state index contributed by atoms with van der Waals surface area (Å²) >= 11 is 0. The Morgan fingerprint density at radius 1 is 0.963 bits per heavy atom. The predicted molar refractivity (Wildman–Crippen MR) is 102 cm³/mol. The van der Waals surface area contributed by atoms with E-state index < -0.39 is 14.9 Å². The van der Waals surface area contributed by atoms with E-state index in [0.717, 1.165) is 0 Å². The number of non-ortho nitro benzene ring substituents is 1. The monoisotopic (exact) mass is 385 g/mol. The number of fused-ring (bicyclic) bond motifs is 1. The van der Waals surface area contributed by atoms with Crippen molar-refractivity contribution in [3.8, 4) is 0 Å². The fraction of sp³-hybridized carbons (Fsp3) is 0.0556. The van der Waals surface area contributed by atoms with Crippen LogP contribution in [0.25, 0.3) is 10.8 Å². The maximum absolute atomic E-state index is 12.7. The number of anilines is 2. The number of hydrogen-bond acceptors (Lipinski definition) is 5. The van der Waals surface area contributed by atoms with E-state index in [-0.39, 0.29) is 22.2 Å². The second-order valence-electron chi connectivity index (χ2n) is 5.75. The normalized spacial score (nSPS) is 11.1. The highest BCUT2D eigenvalue weighted by Crippen LogP contribution is 2.31. The quantitative estimate of drug-likeness (QED) is 0.515. The number of amides is 1. The van der Waals surface area contributed by atoms with Gasteiger partial charge in [0.2, 0.25) is 5.91 Å². The number of benzene rings is 3. The third-order valence-corrected chi connectivity index (χ3v) is 5.21. The molecule has 27 heavy (non-hydrogen) atoms. The highest BCUT2D eigenvalue weighted by atomic mass is 32.2. The van der Waals surface area contributed by atoms with Gasteiger partial charge in [0.15, 0.2) is 0 Å². The zero-order valence-electron chi connectivity index (χ0n) is 14.2. The minimum atomic E-state index is -3.92. The second kappa shape index (κ2) is 7.04. The summed E-state index contributed by atoms with van der Waals surface area (Å²) in [6, 6.07) is 14.8. The Labute approximate surface area is 155 Å². The molecule has 9 heteroatoms. The van der Waals surface area contributed by atoms with Gasteiger partial charge in [0, 0.05) is 24.1 Å². The van der Waals surface area contributed by atoms with Crippen molar-refractivity contribution in [2.75, 3.05) is 10.0 Å². The van der Waals surface area contributed by atoms with Gasteiger partial charge in [0.25, 0.3) is 15.7 Å². The van der Waals surface area contributed by atoms with Crippen molar-refractivity contribution in [3.63, 3.8) is 0 Å². The van der Waals surface area contributed by atoms with Crippen LogP contribution in [0.15, 0.2) is 65.6 Å². The van der Waals surface area contributed by atoms with Crippen LogP contribution in [-0.4, -0.2) is 19.2 Å². The first kappa shape index (κ1) is 18.3. The molecule has 0 fully saturated rings. The molecule has 3 aromatic carbocycles.